The molecule has 0 atom stereocenters. The molecule has 0 saturated carbocycles. The highest BCUT2D eigenvalue weighted by atomic mass is 35.5. The molecule has 1 aliphatic rings. The second-order valence-corrected chi connectivity index (χ2v) is 9.24. The minimum atomic E-state index is -0.351. The summed E-state index contributed by atoms with van der Waals surface area (Å²) in [6.45, 7) is 5.87. The maximum absolute atomic E-state index is 13.1. The van der Waals surface area contributed by atoms with Crippen molar-refractivity contribution in [1.82, 2.24) is 14.7 Å². The van der Waals surface area contributed by atoms with Crippen molar-refractivity contribution in [1.29, 1.82) is 0 Å². The van der Waals surface area contributed by atoms with Crippen LogP contribution in [0.2, 0.25) is 5.02 Å². The number of benzene rings is 3. The van der Waals surface area contributed by atoms with Gasteiger partial charge < -0.3 is 0 Å². The van der Waals surface area contributed by atoms with Crippen LogP contribution in [0.3, 0.4) is 0 Å². The zero-order valence-electron chi connectivity index (χ0n) is 20.0. The van der Waals surface area contributed by atoms with E-state index in [0.29, 0.717) is 38.7 Å². The molecule has 0 fully saturated rings. The van der Waals surface area contributed by atoms with Crippen LogP contribution in [0.4, 0.5) is 5.69 Å². The molecule has 0 aliphatic carbocycles. The van der Waals surface area contributed by atoms with Crippen LogP contribution in [0.1, 0.15) is 48.7 Å². The van der Waals surface area contributed by atoms with Gasteiger partial charge in [-0.1, -0.05) is 29.8 Å². The largest absolute Gasteiger partial charge is 0.295 e. The number of fused-ring (bicyclic) bond motifs is 1. The van der Waals surface area contributed by atoms with Gasteiger partial charge in [0.25, 0.3) is 17.4 Å². The first-order valence-corrected chi connectivity index (χ1v) is 11.8. The van der Waals surface area contributed by atoms with E-state index in [1.807, 2.05) is 39.0 Å². The Bertz CT molecular complexity index is 1600. The van der Waals surface area contributed by atoms with Crippen LogP contribution in [0, 0.1) is 20.8 Å². The van der Waals surface area contributed by atoms with Gasteiger partial charge in [-0.2, -0.15) is 0 Å². The molecule has 1 N–H and O–H groups in total. The molecule has 2 heterocycles. The first-order chi connectivity index (χ1) is 17.2. The minimum Gasteiger partial charge on any atom is -0.295 e. The Morgan fingerprint density at radius 3 is 2.25 bits per heavy atom. The van der Waals surface area contributed by atoms with E-state index in [2.05, 4.69) is 10.1 Å². The Morgan fingerprint density at radius 2 is 1.58 bits per heavy atom. The summed E-state index contributed by atoms with van der Waals surface area (Å²) in [5.74, 6) is -0.703. The molecule has 5 rings (SSSR count). The fourth-order valence-electron chi connectivity index (χ4n) is 4.21. The monoisotopic (exact) mass is 498 g/mol. The zero-order chi connectivity index (χ0) is 25.6. The molecule has 180 valence electrons. The van der Waals surface area contributed by atoms with Crippen LogP contribution in [0.25, 0.3) is 5.69 Å². The predicted molar refractivity (Wildman–Crippen MR) is 140 cm³/mol. The lowest BCUT2D eigenvalue weighted by atomic mass is 10.1. The summed E-state index contributed by atoms with van der Waals surface area (Å²) in [7, 11) is 0. The van der Waals surface area contributed by atoms with Crippen molar-refractivity contribution < 1.29 is 9.59 Å². The fraction of sp³-hybridized carbons (Fsp3) is 0.143. The number of halogens is 1. The molecule has 2 amide bonds. The number of nitrogens with zero attached hydrogens (tertiary/aromatic N) is 3. The Morgan fingerprint density at radius 1 is 0.889 bits per heavy atom. The van der Waals surface area contributed by atoms with Crippen molar-refractivity contribution in [2.24, 2.45) is 4.99 Å². The van der Waals surface area contributed by atoms with Gasteiger partial charge in [0.05, 0.1) is 34.6 Å². The Balaban J connectivity index is 1.42. The van der Waals surface area contributed by atoms with Crippen LogP contribution >= 0.6 is 11.6 Å². The van der Waals surface area contributed by atoms with Gasteiger partial charge in [0.1, 0.15) is 0 Å². The van der Waals surface area contributed by atoms with Gasteiger partial charge in [-0.15, -0.1) is 0 Å². The standard InChI is InChI=1S/C28H23ClN4O3/c1-16-8-10-21(12-17(16)2)33-28(36)24(18(3)31-33)14-30-20-9-11-25(29)19(13-20)15-32-26(34)22-6-4-5-7-23(22)27(32)35/h4-14,31H,15H2,1-3H3. The topological polar surface area (TPSA) is 87.5 Å². The Labute approximate surface area is 212 Å². The lowest BCUT2D eigenvalue weighted by Crippen LogP contribution is -2.29. The average molecular weight is 499 g/mol. The van der Waals surface area contributed by atoms with E-state index in [9.17, 15) is 14.4 Å². The molecular formula is C28H23ClN4O3. The number of carbonyl (C=O) groups excluding carboxylic acids is 2. The molecule has 0 saturated heterocycles. The van der Waals surface area contributed by atoms with Crippen molar-refractivity contribution >= 4 is 35.3 Å². The first-order valence-electron chi connectivity index (χ1n) is 11.4. The third-order valence-electron chi connectivity index (χ3n) is 6.44. The van der Waals surface area contributed by atoms with Crippen molar-refractivity contribution in [3.63, 3.8) is 0 Å². The van der Waals surface area contributed by atoms with Gasteiger partial charge in [0.2, 0.25) is 0 Å². The molecule has 3 aromatic carbocycles. The van der Waals surface area contributed by atoms with Crippen molar-refractivity contribution in [3.05, 3.63) is 115 Å². The normalized spacial score (nSPS) is 13.2. The van der Waals surface area contributed by atoms with Crippen molar-refractivity contribution in [2.75, 3.05) is 0 Å². The number of hydrogen-bond donors (Lipinski definition) is 1. The molecular weight excluding hydrogens is 476 g/mol. The summed E-state index contributed by atoms with van der Waals surface area (Å²) in [5.41, 5.74) is 5.80. The molecule has 0 radical (unpaired) electrons. The quantitative estimate of drug-likeness (QED) is 0.299. The second kappa shape index (κ2) is 9.09. The number of amides is 2. The highest BCUT2D eigenvalue weighted by molar-refractivity contribution is 6.31. The van der Waals surface area contributed by atoms with Crippen LogP contribution in [-0.2, 0) is 6.54 Å². The molecule has 4 aromatic rings. The van der Waals surface area contributed by atoms with Crippen molar-refractivity contribution in [3.8, 4) is 5.69 Å². The summed E-state index contributed by atoms with van der Waals surface area (Å²) in [5, 5.41) is 3.53. The SMILES string of the molecule is Cc1ccc(-n2[nH]c(C)c(C=Nc3ccc(Cl)c(CN4C(=O)c5ccccc5C4=O)c3)c2=O)cc1C. The van der Waals surface area contributed by atoms with E-state index < -0.39 is 0 Å². The number of carbonyl (C=O) groups is 2. The molecule has 0 unspecified atom stereocenters. The summed E-state index contributed by atoms with van der Waals surface area (Å²) < 4.78 is 1.50. The summed E-state index contributed by atoms with van der Waals surface area (Å²) >= 11 is 6.38. The number of rotatable bonds is 5. The third-order valence-corrected chi connectivity index (χ3v) is 6.81. The van der Waals surface area contributed by atoms with Crippen LogP contribution in [-0.4, -0.2) is 32.7 Å². The van der Waals surface area contributed by atoms with Gasteiger partial charge in [-0.25, -0.2) is 4.68 Å². The summed E-state index contributed by atoms with van der Waals surface area (Å²) in [6, 6.07) is 17.7. The smallest absolute Gasteiger partial charge is 0.280 e. The third kappa shape index (κ3) is 4.07. The second-order valence-electron chi connectivity index (χ2n) is 8.84. The number of aryl methyl sites for hydroxylation is 3. The van der Waals surface area contributed by atoms with Gasteiger partial charge in [0.15, 0.2) is 0 Å². The average Bonchev–Trinajstić information content (AvgIpc) is 3.28. The Kier molecular flexibility index (Phi) is 5.94. The molecule has 0 spiro atoms. The maximum atomic E-state index is 13.1. The fourth-order valence-corrected chi connectivity index (χ4v) is 4.39. The van der Waals surface area contributed by atoms with E-state index in [-0.39, 0.29) is 23.9 Å². The van der Waals surface area contributed by atoms with Crippen LogP contribution in [0.5, 0.6) is 0 Å². The predicted octanol–water partition coefficient (Wildman–Crippen LogP) is 5.29. The van der Waals surface area contributed by atoms with Crippen LogP contribution in [0.15, 0.2) is 70.5 Å². The molecule has 1 aromatic heterocycles. The van der Waals surface area contributed by atoms with Gasteiger partial charge in [-0.05, 0) is 79.9 Å². The van der Waals surface area contributed by atoms with Gasteiger partial charge in [-0.3, -0.25) is 29.4 Å². The number of H-pyrrole nitrogens is 1. The van der Waals surface area contributed by atoms with Gasteiger partial charge in [0, 0.05) is 16.9 Å². The lowest BCUT2D eigenvalue weighted by molar-refractivity contribution is 0.0642. The van der Waals surface area contributed by atoms with E-state index in [1.165, 1.54) is 15.8 Å². The number of nitrogens with one attached hydrogen (secondary N) is 1. The first kappa shape index (κ1) is 23.5. The number of aromatic nitrogens is 2. The minimum absolute atomic E-state index is 0.0251. The van der Waals surface area contributed by atoms with E-state index in [4.69, 9.17) is 11.6 Å². The highest BCUT2D eigenvalue weighted by Gasteiger charge is 2.35. The molecule has 8 heteroatoms. The Hall–Kier alpha value is -4.23. The number of hydrogen-bond acceptors (Lipinski definition) is 4. The van der Waals surface area contributed by atoms with E-state index in [1.54, 1.807) is 42.5 Å². The zero-order valence-corrected chi connectivity index (χ0v) is 20.8. The van der Waals surface area contributed by atoms with Gasteiger partial charge >= 0.3 is 0 Å². The number of aromatic amines is 1. The maximum Gasteiger partial charge on any atom is 0.280 e. The molecule has 0 bridgehead atoms. The van der Waals surface area contributed by atoms with E-state index >= 15 is 0 Å². The summed E-state index contributed by atoms with van der Waals surface area (Å²) in [6.07, 6.45) is 1.51. The van der Waals surface area contributed by atoms with E-state index in [0.717, 1.165) is 16.8 Å². The van der Waals surface area contributed by atoms with Crippen LogP contribution < -0.4 is 5.56 Å². The molecule has 1 aliphatic heterocycles. The van der Waals surface area contributed by atoms with Crippen molar-refractivity contribution in [2.45, 2.75) is 27.3 Å². The summed E-state index contributed by atoms with van der Waals surface area (Å²) in [4.78, 5) is 44.2. The molecule has 7 nitrogen and oxygen atoms in total. The highest BCUT2D eigenvalue weighted by Crippen LogP contribution is 2.28. The molecule has 36 heavy (non-hydrogen) atoms. The number of aliphatic imine (C=N–C) groups is 1. The number of imide groups is 1. The lowest BCUT2D eigenvalue weighted by Gasteiger charge is -2.15.